The molecule has 0 bridgehead atoms. The lowest BCUT2D eigenvalue weighted by Crippen LogP contribution is -2.11. The van der Waals surface area contributed by atoms with E-state index < -0.39 is 0 Å². The van der Waals surface area contributed by atoms with Gasteiger partial charge in [-0.05, 0) is 6.42 Å². The Morgan fingerprint density at radius 3 is 1.73 bits per heavy atom. The molecule has 0 rings (SSSR count). The quantitative estimate of drug-likeness (QED) is 0.365. The summed E-state index contributed by atoms with van der Waals surface area (Å²) >= 11 is 0. The number of hydrogen-bond donors (Lipinski definition) is 0. The van der Waals surface area contributed by atoms with Gasteiger partial charge < -0.3 is 18.9 Å². The molecule has 0 aliphatic carbocycles. The second kappa shape index (κ2) is 13.6. The average molecular weight is 218 g/mol. The third kappa shape index (κ3) is 13.6. The fourth-order valence-corrected chi connectivity index (χ4v) is 0.851. The lowest BCUT2D eigenvalue weighted by molar-refractivity contribution is 0.00426. The molecule has 0 saturated carbocycles. The molecule has 4 nitrogen and oxygen atoms in total. The van der Waals surface area contributed by atoms with Gasteiger partial charge in [-0.25, -0.2) is 0 Å². The van der Waals surface area contributed by atoms with E-state index in [4.69, 9.17) is 18.9 Å². The van der Waals surface area contributed by atoms with E-state index in [0.29, 0.717) is 39.6 Å². The summed E-state index contributed by atoms with van der Waals surface area (Å²) in [5.74, 6) is 0. The SMILES string of the molecule is C=CCCOCCOCCOCCOC. The van der Waals surface area contributed by atoms with E-state index in [1.54, 1.807) is 7.11 Å². The first kappa shape index (κ1) is 14.6. The first-order chi connectivity index (χ1) is 7.41. The highest BCUT2D eigenvalue weighted by atomic mass is 16.6. The van der Waals surface area contributed by atoms with Gasteiger partial charge in [0.25, 0.3) is 0 Å². The molecule has 0 unspecified atom stereocenters. The lowest BCUT2D eigenvalue weighted by atomic mass is 10.5. The van der Waals surface area contributed by atoms with Crippen LogP contribution in [0, 0.1) is 0 Å². The van der Waals surface area contributed by atoms with Crippen LogP contribution in [-0.4, -0.2) is 53.4 Å². The topological polar surface area (TPSA) is 36.9 Å². The van der Waals surface area contributed by atoms with Crippen molar-refractivity contribution in [3.63, 3.8) is 0 Å². The predicted octanol–water partition coefficient (Wildman–Crippen LogP) is 1.26. The van der Waals surface area contributed by atoms with Crippen molar-refractivity contribution in [2.75, 3.05) is 53.4 Å². The first-order valence-corrected chi connectivity index (χ1v) is 5.25. The predicted molar refractivity (Wildman–Crippen MR) is 59.1 cm³/mol. The number of rotatable bonds is 12. The molecular formula is C11H22O4. The molecule has 0 amide bonds. The Balaban J connectivity index is 2.83. The summed E-state index contributed by atoms with van der Waals surface area (Å²) in [7, 11) is 1.65. The van der Waals surface area contributed by atoms with Crippen LogP contribution in [0.3, 0.4) is 0 Å². The maximum absolute atomic E-state index is 5.28. The number of hydrogen-bond acceptors (Lipinski definition) is 4. The summed E-state index contributed by atoms with van der Waals surface area (Å²) in [6.45, 7) is 8.03. The Labute approximate surface area is 92.2 Å². The monoisotopic (exact) mass is 218 g/mol. The summed E-state index contributed by atoms with van der Waals surface area (Å²) in [6, 6.07) is 0. The highest BCUT2D eigenvalue weighted by molar-refractivity contribution is 4.64. The molecule has 0 saturated heterocycles. The molecule has 0 fully saturated rings. The molecule has 0 aliphatic heterocycles. The average Bonchev–Trinajstić information content (AvgIpc) is 2.26. The van der Waals surface area contributed by atoms with Crippen molar-refractivity contribution < 1.29 is 18.9 Å². The van der Waals surface area contributed by atoms with Crippen molar-refractivity contribution in [1.29, 1.82) is 0 Å². The van der Waals surface area contributed by atoms with Crippen LogP contribution in [0.15, 0.2) is 12.7 Å². The van der Waals surface area contributed by atoms with Crippen LogP contribution < -0.4 is 0 Å². The van der Waals surface area contributed by atoms with E-state index in [9.17, 15) is 0 Å². The van der Waals surface area contributed by atoms with Crippen molar-refractivity contribution in [1.82, 2.24) is 0 Å². The summed E-state index contributed by atoms with van der Waals surface area (Å²) in [5, 5.41) is 0. The summed E-state index contributed by atoms with van der Waals surface area (Å²) < 4.78 is 20.6. The smallest absolute Gasteiger partial charge is 0.0701 e. The molecule has 15 heavy (non-hydrogen) atoms. The summed E-state index contributed by atoms with van der Waals surface area (Å²) in [5.41, 5.74) is 0. The van der Waals surface area contributed by atoms with Crippen LogP contribution in [0.25, 0.3) is 0 Å². The van der Waals surface area contributed by atoms with Crippen molar-refractivity contribution in [2.24, 2.45) is 0 Å². The summed E-state index contributed by atoms with van der Waals surface area (Å²) in [6.07, 6.45) is 2.73. The highest BCUT2D eigenvalue weighted by Gasteiger charge is 1.90. The van der Waals surface area contributed by atoms with Crippen LogP contribution in [0.4, 0.5) is 0 Å². The fraction of sp³-hybridized carbons (Fsp3) is 0.818. The van der Waals surface area contributed by atoms with Gasteiger partial charge in [0.2, 0.25) is 0 Å². The third-order valence-electron chi connectivity index (χ3n) is 1.64. The van der Waals surface area contributed by atoms with Gasteiger partial charge in [0.1, 0.15) is 0 Å². The van der Waals surface area contributed by atoms with Crippen LogP contribution in [0.2, 0.25) is 0 Å². The Morgan fingerprint density at radius 1 is 0.800 bits per heavy atom. The normalized spacial score (nSPS) is 10.5. The molecule has 0 aromatic carbocycles. The zero-order valence-corrected chi connectivity index (χ0v) is 9.57. The zero-order valence-electron chi connectivity index (χ0n) is 9.57. The molecule has 0 aromatic heterocycles. The Morgan fingerprint density at radius 2 is 1.27 bits per heavy atom. The standard InChI is InChI=1S/C11H22O4/c1-3-4-5-13-8-9-15-11-10-14-7-6-12-2/h3H,1,4-11H2,2H3. The van der Waals surface area contributed by atoms with E-state index in [2.05, 4.69) is 6.58 Å². The van der Waals surface area contributed by atoms with Gasteiger partial charge in [0.15, 0.2) is 0 Å². The van der Waals surface area contributed by atoms with Gasteiger partial charge >= 0.3 is 0 Å². The third-order valence-corrected chi connectivity index (χ3v) is 1.64. The largest absolute Gasteiger partial charge is 0.382 e. The minimum Gasteiger partial charge on any atom is -0.382 e. The lowest BCUT2D eigenvalue weighted by Gasteiger charge is -2.05. The molecule has 0 spiro atoms. The maximum atomic E-state index is 5.28. The second-order valence-electron chi connectivity index (χ2n) is 2.91. The first-order valence-electron chi connectivity index (χ1n) is 5.25. The molecule has 0 atom stereocenters. The van der Waals surface area contributed by atoms with Gasteiger partial charge in [0, 0.05) is 7.11 Å². The second-order valence-corrected chi connectivity index (χ2v) is 2.91. The van der Waals surface area contributed by atoms with Crippen molar-refractivity contribution >= 4 is 0 Å². The van der Waals surface area contributed by atoms with Crippen LogP contribution >= 0.6 is 0 Å². The Bertz CT molecular complexity index is 128. The van der Waals surface area contributed by atoms with E-state index in [1.807, 2.05) is 6.08 Å². The molecule has 4 heteroatoms. The Kier molecular flexibility index (Phi) is 13.2. The molecule has 0 aromatic rings. The molecule has 0 aliphatic rings. The minimum absolute atomic E-state index is 0.606. The van der Waals surface area contributed by atoms with Crippen LogP contribution in [0.1, 0.15) is 6.42 Å². The highest BCUT2D eigenvalue weighted by Crippen LogP contribution is 1.84. The summed E-state index contributed by atoms with van der Waals surface area (Å²) in [4.78, 5) is 0. The Hall–Kier alpha value is -0.420. The van der Waals surface area contributed by atoms with Gasteiger partial charge in [-0.1, -0.05) is 6.08 Å². The van der Waals surface area contributed by atoms with Gasteiger partial charge in [-0.15, -0.1) is 6.58 Å². The molecular weight excluding hydrogens is 196 g/mol. The number of methoxy groups -OCH3 is 1. The molecule has 0 heterocycles. The van der Waals surface area contributed by atoms with E-state index >= 15 is 0 Å². The van der Waals surface area contributed by atoms with E-state index in [-0.39, 0.29) is 0 Å². The minimum atomic E-state index is 0.606. The maximum Gasteiger partial charge on any atom is 0.0701 e. The van der Waals surface area contributed by atoms with Crippen LogP contribution in [-0.2, 0) is 18.9 Å². The molecule has 0 N–H and O–H groups in total. The zero-order chi connectivity index (χ0) is 11.2. The fourth-order valence-electron chi connectivity index (χ4n) is 0.851. The van der Waals surface area contributed by atoms with Crippen LogP contribution in [0.5, 0.6) is 0 Å². The van der Waals surface area contributed by atoms with Crippen molar-refractivity contribution in [2.45, 2.75) is 6.42 Å². The van der Waals surface area contributed by atoms with Gasteiger partial charge in [-0.3, -0.25) is 0 Å². The van der Waals surface area contributed by atoms with Crippen molar-refractivity contribution in [3.05, 3.63) is 12.7 Å². The van der Waals surface area contributed by atoms with E-state index in [0.717, 1.165) is 13.0 Å². The van der Waals surface area contributed by atoms with Crippen molar-refractivity contribution in [3.8, 4) is 0 Å². The van der Waals surface area contributed by atoms with Gasteiger partial charge in [0.05, 0.1) is 46.2 Å². The molecule has 0 radical (unpaired) electrons. The number of ether oxygens (including phenoxy) is 4. The molecule has 90 valence electrons. The van der Waals surface area contributed by atoms with E-state index in [1.165, 1.54) is 0 Å². The van der Waals surface area contributed by atoms with Gasteiger partial charge in [-0.2, -0.15) is 0 Å².